The van der Waals surface area contributed by atoms with Crippen molar-refractivity contribution in [2.75, 3.05) is 5.75 Å². The van der Waals surface area contributed by atoms with E-state index in [1.54, 1.807) is 6.92 Å². The highest BCUT2D eigenvalue weighted by Gasteiger charge is 2.09. The molecule has 0 saturated carbocycles. The molecule has 1 aromatic rings. The Balaban J connectivity index is 2.68. The molecule has 0 atom stereocenters. The van der Waals surface area contributed by atoms with Gasteiger partial charge in [0.05, 0.1) is 5.75 Å². The highest BCUT2D eigenvalue weighted by Crippen LogP contribution is 2.19. The molecule has 16 heavy (non-hydrogen) atoms. The minimum absolute atomic E-state index is 0.0238. The monoisotopic (exact) mass is 236 g/mol. The second kappa shape index (κ2) is 5.85. The van der Waals surface area contributed by atoms with E-state index in [1.165, 1.54) is 11.8 Å². The Morgan fingerprint density at radius 3 is 2.19 bits per heavy atom. The predicted octanol–water partition coefficient (Wildman–Crippen LogP) is 3.21. The second-order valence-corrected chi connectivity index (χ2v) is 5.08. The minimum Gasteiger partial charge on any atom is -0.299 e. The summed E-state index contributed by atoms with van der Waals surface area (Å²) in [5.41, 5.74) is 0.738. The summed E-state index contributed by atoms with van der Waals surface area (Å²) in [6.45, 7) is 5.35. The number of carbonyl (C=O) groups excluding carboxylic acids is 2. The smallest absolute Gasteiger partial charge is 0.165 e. The number of rotatable bonds is 5. The normalized spacial score (nSPS) is 10.5. The van der Waals surface area contributed by atoms with Crippen molar-refractivity contribution in [3.05, 3.63) is 29.8 Å². The maximum atomic E-state index is 11.7. The van der Waals surface area contributed by atoms with Gasteiger partial charge in [-0.15, -0.1) is 11.8 Å². The first-order chi connectivity index (χ1) is 7.50. The van der Waals surface area contributed by atoms with Crippen LogP contribution in [0.5, 0.6) is 0 Å². The molecule has 0 spiro atoms. The van der Waals surface area contributed by atoms with E-state index in [0.717, 1.165) is 10.5 Å². The zero-order chi connectivity index (χ0) is 12.1. The Kier molecular flexibility index (Phi) is 4.74. The quantitative estimate of drug-likeness (QED) is 0.581. The van der Waals surface area contributed by atoms with Gasteiger partial charge in [0.2, 0.25) is 0 Å². The zero-order valence-corrected chi connectivity index (χ0v) is 10.6. The first-order valence-electron chi connectivity index (χ1n) is 5.27. The number of hydrogen-bond donors (Lipinski definition) is 0. The third kappa shape index (κ3) is 3.81. The average molecular weight is 236 g/mol. The minimum atomic E-state index is 0.0238. The fourth-order valence-corrected chi connectivity index (χ4v) is 1.93. The molecule has 1 rings (SSSR count). The SMILES string of the molecule is CC(=O)CSc1ccc(C(=O)C(C)C)cc1. The Hall–Kier alpha value is -1.09. The molecule has 0 heterocycles. The molecular weight excluding hydrogens is 220 g/mol. The lowest BCUT2D eigenvalue weighted by Gasteiger charge is -2.05. The van der Waals surface area contributed by atoms with Crippen LogP contribution < -0.4 is 0 Å². The topological polar surface area (TPSA) is 34.1 Å². The van der Waals surface area contributed by atoms with Gasteiger partial charge < -0.3 is 0 Å². The molecule has 0 aliphatic carbocycles. The summed E-state index contributed by atoms with van der Waals surface area (Å²) in [7, 11) is 0. The van der Waals surface area contributed by atoms with E-state index < -0.39 is 0 Å². The van der Waals surface area contributed by atoms with Gasteiger partial charge in [-0.05, 0) is 19.1 Å². The van der Waals surface area contributed by atoms with E-state index in [0.29, 0.717) is 5.75 Å². The van der Waals surface area contributed by atoms with E-state index in [2.05, 4.69) is 0 Å². The van der Waals surface area contributed by atoms with E-state index in [1.807, 2.05) is 38.1 Å². The second-order valence-electron chi connectivity index (χ2n) is 4.03. The number of hydrogen-bond acceptors (Lipinski definition) is 3. The third-order valence-electron chi connectivity index (χ3n) is 2.11. The van der Waals surface area contributed by atoms with Crippen LogP contribution in [-0.4, -0.2) is 17.3 Å². The summed E-state index contributed by atoms with van der Waals surface area (Å²) in [6, 6.07) is 7.43. The number of Topliss-reactive ketones (excluding diaryl/α,β-unsaturated/α-hetero) is 2. The molecule has 3 heteroatoms. The first kappa shape index (κ1) is 13.0. The van der Waals surface area contributed by atoms with Gasteiger partial charge in [-0.2, -0.15) is 0 Å². The van der Waals surface area contributed by atoms with Crippen molar-refractivity contribution in [3.8, 4) is 0 Å². The summed E-state index contributed by atoms with van der Waals surface area (Å²) in [5, 5.41) is 0. The molecule has 0 saturated heterocycles. The van der Waals surface area contributed by atoms with Gasteiger partial charge in [0.1, 0.15) is 5.78 Å². The fourth-order valence-electron chi connectivity index (χ4n) is 1.23. The van der Waals surface area contributed by atoms with Gasteiger partial charge in [0, 0.05) is 16.4 Å². The van der Waals surface area contributed by atoms with Crippen LogP contribution >= 0.6 is 11.8 Å². The molecule has 0 radical (unpaired) electrons. The maximum absolute atomic E-state index is 11.7. The third-order valence-corrected chi connectivity index (χ3v) is 3.26. The molecule has 0 aromatic heterocycles. The molecule has 0 fully saturated rings. The van der Waals surface area contributed by atoms with E-state index in [4.69, 9.17) is 0 Å². The van der Waals surface area contributed by atoms with Crippen LogP contribution in [0.2, 0.25) is 0 Å². The molecule has 2 nitrogen and oxygen atoms in total. The highest BCUT2D eigenvalue weighted by molar-refractivity contribution is 8.00. The summed E-state index contributed by atoms with van der Waals surface area (Å²) >= 11 is 1.50. The molecule has 0 amide bonds. The molecular formula is C13H16O2S. The number of carbonyl (C=O) groups is 2. The summed E-state index contributed by atoms with van der Waals surface area (Å²) in [4.78, 5) is 23.5. The highest BCUT2D eigenvalue weighted by atomic mass is 32.2. The van der Waals surface area contributed by atoms with Crippen molar-refractivity contribution in [2.24, 2.45) is 5.92 Å². The van der Waals surface area contributed by atoms with Crippen LogP contribution in [0, 0.1) is 5.92 Å². The summed E-state index contributed by atoms with van der Waals surface area (Å²) in [6.07, 6.45) is 0. The standard InChI is InChI=1S/C13H16O2S/c1-9(2)13(15)11-4-6-12(7-5-11)16-8-10(3)14/h4-7,9H,8H2,1-3H3. The van der Waals surface area contributed by atoms with Gasteiger partial charge in [-0.25, -0.2) is 0 Å². The number of thioether (sulfide) groups is 1. The zero-order valence-electron chi connectivity index (χ0n) is 9.82. The molecule has 0 N–H and O–H groups in total. The maximum Gasteiger partial charge on any atom is 0.165 e. The molecule has 0 bridgehead atoms. The Morgan fingerprint density at radius 2 is 1.75 bits per heavy atom. The number of benzene rings is 1. The Labute approximate surface area is 100 Å². The van der Waals surface area contributed by atoms with Crippen LogP contribution in [0.15, 0.2) is 29.2 Å². The average Bonchev–Trinajstić information content (AvgIpc) is 2.26. The van der Waals surface area contributed by atoms with Crippen molar-refractivity contribution in [2.45, 2.75) is 25.7 Å². The fraction of sp³-hybridized carbons (Fsp3) is 0.385. The molecule has 0 aliphatic heterocycles. The molecule has 0 aliphatic rings. The molecule has 86 valence electrons. The molecule has 0 unspecified atom stereocenters. The lowest BCUT2D eigenvalue weighted by Crippen LogP contribution is -2.06. The van der Waals surface area contributed by atoms with Crippen LogP contribution in [0.1, 0.15) is 31.1 Å². The van der Waals surface area contributed by atoms with Gasteiger partial charge >= 0.3 is 0 Å². The van der Waals surface area contributed by atoms with E-state index >= 15 is 0 Å². The predicted molar refractivity (Wildman–Crippen MR) is 67.0 cm³/mol. The van der Waals surface area contributed by atoms with Gasteiger partial charge in [-0.1, -0.05) is 26.0 Å². The Bertz CT molecular complexity index is 379. The Morgan fingerprint density at radius 1 is 1.19 bits per heavy atom. The van der Waals surface area contributed by atoms with Crippen molar-refractivity contribution in [1.29, 1.82) is 0 Å². The van der Waals surface area contributed by atoms with Crippen molar-refractivity contribution in [1.82, 2.24) is 0 Å². The lowest BCUT2D eigenvalue weighted by molar-refractivity contribution is -0.114. The first-order valence-corrected chi connectivity index (χ1v) is 6.25. The lowest BCUT2D eigenvalue weighted by atomic mass is 10.0. The van der Waals surface area contributed by atoms with Crippen LogP contribution in [0.25, 0.3) is 0 Å². The van der Waals surface area contributed by atoms with Crippen molar-refractivity contribution in [3.63, 3.8) is 0 Å². The summed E-state index contributed by atoms with van der Waals surface area (Å²) in [5.74, 6) is 0.823. The van der Waals surface area contributed by atoms with E-state index in [-0.39, 0.29) is 17.5 Å². The van der Waals surface area contributed by atoms with E-state index in [9.17, 15) is 9.59 Å². The molecule has 1 aromatic carbocycles. The largest absolute Gasteiger partial charge is 0.299 e. The van der Waals surface area contributed by atoms with Crippen LogP contribution in [0.4, 0.5) is 0 Å². The summed E-state index contributed by atoms with van der Waals surface area (Å²) < 4.78 is 0. The van der Waals surface area contributed by atoms with Crippen LogP contribution in [0.3, 0.4) is 0 Å². The van der Waals surface area contributed by atoms with Gasteiger partial charge in [-0.3, -0.25) is 9.59 Å². The van der Waals surface area contributed by atoms with Crippen molar-refractivity contribution >= 4 is 23.3 Å². The number of ketones is 2. The van der Waals surface area contributed by atoms with Gasteiger partial charge in [0.15, 0.2) is 5.78 Å². The van der Waals surface area contributed by atoms with Crippen molar-refractivity contribution < 1.29 is 9.59 Å². The van der Waals surface area contributed by atoms with Crippen LogP contribution in [-0.2, 0) is 4.79 Å². The van der Waals surface area contributed by atoms with Gasteiger partial charge in [0.25, 0.3) is 0 Å².